The van der Waals surface area contributed by atoms with Crippen LogP contribution in [0.25, 0.3) is 0 Å². The lowest BCUT2D eigenvalue weighted by Crippen LogP contribution is -2.03. The van der Waals surface area contributed by atoms with Crippen LogP contribution in [0.4, 0.5) is 0 Å². The molecule has 4 heteroatoms. The van der Waals surface area contributed by atoms with Gasteiger partial charge in [-0.25, -0.2) is 4.79 Å². The van der Waals surface area contributed by atoms with Crippen LogP contribution in [0.15, 0.2) is 16.5 Å². The van der Waals surface area contributed by atoms with E-state index in [2.05, 4.69) is 13.8 Å². The van der Waals surface area contributed by atoms with Gasteiger partial charge in [0.25, 0.3) is 0 Å². The minimum atomic E-state index is -1.05. The number of carbonyl (C=O) groups is 1. The van der Waals surface area contributed by atoms with E-state index in [9.17, 15) is 4.79 Å². The first kappa shape index (κ1) is 12.8. The normalized spacial score (nSPS) is 13.0. The first-order valence-corrected chi connectivity index (χ1v) is 5.45. The van der Waals surface area contributed by atoms with Crippen LogP contribution in [0, 0.1) is 5.92 Å². The molecule has 1 aromatic heterocycles. The molecule has 0 aromatic carbocycles. The zero-order valence-corrected chi connectivity index (χ0v) is 9.90. The molecular formula is C12H18O4. The third-order valence-corrected chi connectivity index (χ3v) is 2.30. The highest BCUT2D eigenvalue weighted by Crippen LogP contribution is 2.20. The molecule has 0 aliphatic heterocycles. The number of rotatable bonds is 6. The molecule has 16 heavy (non-hydrogen) atoms. The Morgan fingerprint density at radius 2 is 2.12 bits per heavy atom. The molecule has 1 N–H and O–H groups in total. The summed E-state index contributed by atoms with van der Waals surface area (Å²) in [4.78, 5) is 10.6. The number of hydrogen-bond acceptors (Lipinski definition) is 3. The van der Waals surface area contributed by atoms with Gasteiger partial charge in [0, 0.05) is 6.61 Å². The molecule has 4 nitrogen and oxygen atoms in total. The summed E-state index contributed by atoms with van der Waals surface area (Å²) in [7, 11) is 0. The number of aromatic carboxylic acids is 1. The smallest absolute Gasteiger partial charge is 0.371 e. The van der Waals surface area contributed by atoms with E-state index in [-0.39, 0.29) is 11.9 Å². The molecule has 1 heterocycles. The summed E-state index contributed by atoms with van der Waals surface area (Å²) in [6, 6.07) is 3.09. The van der Waals surface area contributed by atoms with Crippen LogP contribution < -0.4 is 0 Å². The fraction of sp³-hybridized carbons (Fsp3) is 0.583. The van der Waals surface area contributed by atoms with Gasteiger partial charge in [0.2, 0.25) is 5.76 Å². The minimum Gasteiger partial charge on any atom is -0.475 e. The van der Waals surface area contributed by atoms with Crippen molar-refractivity contribution in [2.75, 3.05) is 6.61 Å². The standard InChI is InChI=1S/C12H18O4/c1-8(2)6-7-15-9(3)10-4-5-11(16-10)12(13)14/h4-5,8-9H,6-7H2,1-3H3,(H,13,14). The molecule has 0 radical (unpaired) electrons. The number of ether oxygens (including phenoxy) is 1. The van der Waals surface area contributed by atoms with Gasteiger partial charge in [-0.15, -0.1) is 0 Å². The number of carboxylic acids is 1. The van der Waals surface area contributed by atoms with Crippen LogP contribution in [0.1, 0.15) is 49.6 Å². The molecule has 0 saturated heterocycles. The Morgan fingerprint density at radius 3 is 2.62 bits per heavy atom. The van der Waals surface area contributed by atoms with Crippen molar-refractivity contribution in [3.8, 4) is 0 Å². The summed E-state index contributed by atoms with van der Waals surface area (Å²) in [6.45, 7) is 6.76. The molecule has 1 unspecified atom stereocenters. The van der Waals surface area contributed by atoms with Crippen molar-refractivity contribution in [3.63, 3.8) is 0 Å². The molecule has 90 valence electrons. The van der Waals surface area contributed by atoms with Gasteiger partial charge in [0.15, 0.2) is 0 Å². The highest BCUT2D eigenvalue weighted by molar-refractivity contribution is 5.84. The van der Waals surface area contributed by atoms with E-state index in [0.29, 0.717) is 18.3 Å². The largest absolute Gasteiger partial charge is 0.475 e. The Balaban J connectivity index is 2.46. The van der Waals surface area contributed by atoms with Gasteiger partial charge >= 0.3 is 5.97 Å². The fourth-order valence-corrected chi connectivity index (χ4v) is 1.25. The summed E-state index contributed by atoms with van der Waals surface area (Å²) in [6.07, 6.45) is 0.781. The maximum atomic E-state index is 10.6. The molecule has 0 aliphatic carbocycles. The van der Waals surface area contributed by atoms with Crippen LogP contribution in [0.3, 0.4) is 0 Å². The van der Waals surface area contributed by atoms with Gasteiger partial charge in [0.05, 0.1) is 0 Å². The van der Waals surface area contributed by atoms with Crippen LogP contribution in [-0.4, -0.2) is 17.7 Å². The monoisotopic (exact) mass is 226 g/mol. The van der Waals surface area contributed by atoms with Gasteiger partial charge in [0.1, 0.15) is 11.9 Å². The third-order valence-electron chi connectivity index (χ3n) is 2.30. The molecule has 1 atom stereocenters. The predicted molar refractivity (Wildman–Crippen MR) is 59.5 cm³/mol. The molecule has 1 aromatic rings. The molecular weight excluding hydrogens is 208 g/mol. The van der Waals surface area contributed by atoms with Gasteiger partial charge < -0.3 is 14.3 Å². The first-order valence-electron chi connectivity index (χ1n) is 5.45. The van der Waals surface area contributed by atoms with Gasteiger partial charge in [-0.1, -0.05) is 13.8 Å². The molecule has 0 fully saturated rings. The van der Waals surface area contributed by atoms with Gasteiger partial charge in [-0.3, -0.25) is 0 Å². The summed E-state index contributed by atoms with van der Waals surface area (Å²) in [5.41, 5.74) is 0. The highest BCUT2D eigenvalue weighted by atomic mass is 16.5. The van der Waals surface area contributed by atoms with Gasteiger partial charge in [-0.2, -0.15) is 0 Å². The molecule has 0 amide bonds. The number of furan rings is 1. The Hall–Kier alpha value is -1.29. The summed E-state index contributed by atoms with van der Waals surface area (Å²) in [5.74, 6) is 0.0504. The Bertz CT molecular complexity index is 341. The second-order valence-electron chi connectivity index (χ2n) is 4.20. The van der Waals surface area contributed by atoms with Crippen molar-refractivity contribution in [2.24, 2.45) is 5.92 Å². The van der Waals surface area contributed by atoms with Crippen molar-refractivity contribution < 1.29 is 19.1 Å². The first-order chi connectivity index (χ1) is 7.50. The quantitative estimate of drug-likeness (QED) is 0.809. The second-order valence-corrected chi connectivity index (χ2v) is 4.20. The van der Waals surface area contributed by atoms with Crippen molar-refractivity contribution >= 4 is 5.97 Å². The average Bonchev–Trinajstić information content (AvgIpc) is 2.65. The summed E-state index contributed by atoms with van der Waals surface area (Å²) < 4.78 is 10.7. The van der Waals surface area contributed by atoms with Crippen LogP contribution in [0.2, 0.25) is 0 Å². The van der Waals surface area contributed by atoms with Crippen LogP contribution >= 0.6 is 0 Å². The molecule has 0 saturated carbocycles. The third kappa shape index (κ3) is 3.70. The summed E-state index contributed by atoms with van der Waals surface area (Å²) in [5, 5.41) is 8.69. The maximum absolute atomic E-state index is 10.6. The maximum Gasteiger partial charge on any atom is 0.371 e. The Morgan fingerprint density at radius 1 is 1.44 bits per heavy atom. The predicted octanol–water partition coefficient (Wildman–Crippen LogP) is 3.10. The fourth-order valence-electron chi connectivity index (χ4n) is 1.25. The van der Waals surface area contributed by atoms with E-state index in [1.54, 1.807) is 6.07 Å². The summed E-state index contributed by atoms with van der Waals surface area (Å²) >= 11 is 0. The lowest BCUT2D eigenvalue weighted by Gasteiger charge is -2.11. The van der Waals surface area contributed by atoms with Crippen molar-refractivity contribution in [1.82, 2.24) is 0 Å². The topological polar surface area (TPSA) is 59.7 Å². The highest BCUT2D eigenvalue weighted by Gasteiger charge is 2.14. The SMILES string of the molecule is CC(C)CCOC(C)c1ccc(C(=O)O)o1. The van der Waals surface area contributed by atoms with Crippen molar-refractivity contribution in [3.05, 3.63) is 23.7 Å². The van der Waals surface area contributed by atoms with E-state index in [1.807, 2.05) is 6.92 Å². The Labute approximate surface area is 95.2 Å². The average molecular weight is 226 g/mol. The lowest BCUT2D eigenvalue weighted by molar-refractivity contribution is 0.0416. The number of hydrogen-bond donors (Lipinski definition) is 1. The van der Waals surface area contributed by atoms with Crippen molar-refractivity contribution in [1.29, 1.82) is 0 Å². The van der Waals surface area contributed by atoms with Crippen LogP contribution in [0.5, 0.6) is 0 Å². The van der Waals surface area contributed by atoms with Crippen molar-refractivity contribution in [2.45, 2.75) is 33.3 Å². The zero-order chi connectivity index (χ0) is 12.1. The molecule has 0 bridgehead atoms. The Kier molecular flexibility index (Phi) is 4.55. The van der Waals surface area contributed by atoms with E-state index in [0.717, 1.165) is 6.42 Å². The zero-order valence-electron chi connectivity index (χ0n) is 9.90. The van der Waals surface area contributed by atoms with E-state index >= 15 is 0 Å². The second kappa shape index (κ2) is 5.70. The van der Waals surface area contributed by atoms with Crippen LogP contribution in [-0.2, 0) is 4.74 Å². The molecule has 0 spiro atoms. The van der Waals surface area contributed by atoms with Gasteiger partial charge in [-0.05, 0) is 31.4 Å². The lowest BCUT2D eigenvalue weighted by atomic mass is 10.1. The molecule has 0 aliphatic rings. The van der Waals surface area contributed by atoms with E-state index in [1.165, 1.54) is 6.07 Å². The number of carboxylic acid groups (broad SMARTS) is 1. The van der Waals surface area contributed by atoms with E-state index < -0.39 is 5.97 Å². The molecule has 1 rings (SSSR count). The minimum absolute atomic E-state index is 0.0469. The van der Waals surface area contributed by atoms with E-state index in [4.69, 9.17) is 14.3 Å².